The molecule has 1 aliphatic rings. The molecule has 1 N–H and O–H groups in total. The Labute approximate surface area is 131 Å². The molecule has 1 amide bonds. The van der Waals surface area contributed by atoms with Gasteiger partial charge in [0.2, 0.25) is 3.79 Å². The SMILES string of the molecule is CCOC(=O)C1(C(=O)CNC(=O)OCC(Cl)(Cl)Cl)CC1. The molecule has 0 radical (unpaired) electrons. The molecule has 0 unspecified atom stereocenters. The minimum absolute atomic E-state index is 0.201. The number of ether oxygens (including phenoxy) is 2. The van der Waals surface area contributed by atoms with Crippen molar-refractivity contribution in [2.24, 2.45) is 5.41 Å². The quantitative estimate of drug-likeness (QED) is 0.452. The molecule has 0 aliphatic heterocycles. The van der Waals surface area contributed by atoms with Gasteiger partial charge in [0.25, 0.3) is 0 Å². The molecule has 114 valence electrons. The van der Waals surface area contributed by atoms with Crippen LogP contribution < -0.4 is 5.32 Å². The summed E-state index contributed by atoms with van der Waals surface area (Å²) in [7, 11) is 0. The number of esters is 1. The number of nitrogens with one attached hydrogen (secondary N) is 1. The van der Waals surface area contributed by atoms with Gasteiger partial charge < -0.3 is 14.8 Å². The number of ketones is 1. The van der Waals surface area contributed by atoms with Gasteiger partial charge in [-0.2, -0.15) is 0 Å². The van der Waals surface area contributed by atoms with E-state index >= 15 is 0 Å². The molecule has 0 aromatic carbocycles. The van der Waals surface area contributed by atoms with Gasteiger partial charge in [-0.1, -0.05) is 34.8 Å². The monoisotopic (exact) mass is 345 g/mol. The van der Waals surface area contributed by atoms with Crippen molar-refractivity contribution in [2.75, 3.05) is 19.8 Å². The summed E-state index contributed by atoms with van der Waals surface area (Å²) in [6, 6.07) is 0. The van der Waals surface area contributed by atoms with E-state index in [-0.39, 0.29) is 13.2 Å². The van der Waals surface area contributed by atoms with Crippen LogP contribution in [0.5, 0.6) is 0 Å². The highest BCUT2D eigenvalue weighted by Gasteiger charge is 2.57. The van der Waals surface area contributed by atoms with Gasteiger partial charge in [0.1, 0.15) is 12.0 Å². The van der Waals surface area contributed by atoms with E-state index < -0.39 is 33.7 Å². The summed E-state index contributed by atoms with van der Waals surface area (Å²) in [6.07, 6.45) is -0.0465. The fraction of sp³-hybridized carbons (Fsp3) is 0.727. The van der Waals surface area contributed by atoms with Crippen molar-refractivity contribution >= 4 is 52.6 Å². The number of alkyl halides is 3. The van der Waals surface area contributed by atoms with Gasteiger partial charge in [-0.25, -0.2) is 4.79 Å². The first kappa shape index (κ1) is 17.3. The normalized spacial score (nSPS) is 16.2. The predicted molar refractivity (Wildman–Crippen MR) is 72.9 cm³/mol. The van der Waals surface area contributed by atoms with Crippen molar-refractivity contribution in [1.29, 1.82) is 0 Å². The molecular formula is C11H14Cl3NO5. The van der Waals surface area contributed by atoms with Gasteiger partial charge in [0, 0.05) is 0 Å². The molecule has 0 aromatic heterocycles. The lowest BCUT2D eigenvalue weighted by molar-refractivity contribution is -0.153. The highest BCUT2D eigenvalue weighted by atomic mass is 35.6. The van der Waals surface area contributed by atoms with E-state index in [9.17, 15) is 14.4 Å². The van der Waals surface area contributed by atoms with Crippen molar-refractivity contribution in [3.05, 3.63) is 0 Å². The molecule has 1 aliphatic carbocycles. The van der Waals surface area contributed by atoms with E-state index in [1.165, 1.54) is 0 Å². The Kier molecular flexibility index (Phi) is 5.91. The van der Waals surface area contributed by atoms with Crippen molar-refractivity contribution in [3.63, 3.8) is 0 Å². The number of hydrogen-bond donors (Lipinski definition) is 1. The minimum Gasteiger partial charge on any atom is -0.465 e. The van der Waals surface area contributed by atoms with Crippen molar-refractivity contribution in [1.82, 2.24) is 5.32 Å². The Bertz CT molecular complexity index is 403. The van der Waals surface area contributed by atoms with Crippen LogP contribution in [0, 0.1) is 5.41 Å². The van der Waals surface area contributed by atoms with E-state index in [2.05, 4.69) is 10.1 Å². The Morgan fingerprint density at radius 3 is 2.25 bits per heavy atom. The number of rotatable bonds is 6. The summed E-state index contributed by atoms with van der Waals surface area (Å²) in [6.45, 7) is 1.08. The molecule has 0 bridgehead atoms. The van der Waals surface area contributed by atoms with E-state index in [1.54, 1.807) is 6.92 Å². The Morgan fingerprint density at radius 2 is 1.80 bits per heavy atom. The highest BCUT2D eigenvalue weighted by molar-refractivity contribution is 6.67. The van der Waals surface area contributed by atoms with Crippen molar-refractivity contribution in [3.8, 4) is 0 Å². The van der Waals surface area contributed by atoms with Gasteiger partial charge in [0.05, 0.1) is 13.2 Å². The minimum atomic E-state index is -1.72. The van der Waals surface area contributed by atoms with Crippen LogP contribution in [0.15, 0.2) is 0 Å². The Balaban J connectivity index is 2.37. The fourth-order valence-electron chi connectivity index (χ4n) is 1.51. The first-order chi connectivity index (χ1) is 9.21. The second-order valence-electron chi connectivity index (χ2n) is 4.27. The van der Waals surface area contributed by atoms with Crippen molar-refractivity contribution in [2.45, 2.75) is 23.6 Å². The molecule has 9 heteroatoms. The van der Waals surface area contributed by atoms with E-state index in [4.69, 9.17) is 39.5 Å². The summed E-state index contributed by atoms with van der Waals surface area (Å²) < 4.78 is 7.70. The molecule has 6 nitrogen and oxygen atoms in total. The molecule has 0 spiro atoms. The van der Waals surface area contributed by atoms with Gasteiger partial charge in [-0.15, -0.1) is 0 Å². The molecule has 0 aromatic rings. The summed E-state index contributed by atoms with van der Waals surface area (Å²) in [5, 5.41) is 2.20. The predicted octanol–water partition coefficient (Wildman–Crippen LogP) is 2.00. The largest absolute Gasteiger partial charge is 0.465 e. The second kappa shape index (κ2) is 6.83. The number of halogens is 3. The molecule has 1 fully saturated rings. The topological polar surface area (TPSA) is 81.7 Å². The average Bonchev–Trinajstić information content (AvgIpc) is 3.14. The van der Waals surface area contributed by atoms with Crippen LogP contribution in [0.3, 0.4) is 0 Å². The number of carbonyl (C=O) groups excluding carboxylic acids is 3. The summed E-state index contributed by atoms with van der Waals surface area (Å²) in [5.41, 5.74) is -1.11. The maximum absolute atomic E-state index is 11.9. The zero-order chi connectivity index (χ0) is 15.4. The van der Waals surface area contributed by atoms with Crippen molar-refractivity contribution < 1.29 is 23.9 Å². The van der Waals surface area contributed by atoms with Gasteiger partial charge in [-0.05, 0) is 19.8 Å². The summed E-state index contributed by atoms with van der Waals surface area (Å²) in [5.74, 6) is -0.969. The van der Waals surface area contributed by atoms with Gasteiger partial charge in [-0.3, -0.25) is 9.59 Å². The van der Waals surface area contributed by atoms with Crippen LogP contribution in [0.2, 0.25) is 0 Å². The van der Waals surface area contributed by atoms with Gasteiger partial charge >= 0.3 is 12.1 Å². The van der Waals surface area contributed by atoms with Crippen LogP contribution in [0.25, 0.3) is 0 Å². The van der Waals surface area contributed by atoms with Gasteiger partial charge in [0.15, 0.2) is 5.78 Å². The molecule has 20 heavy (non-hydrogen) atoms. The van der Waals surface area contributed by atoms with Crippen LogP contribution in [0.1, 0.15) is 19.8 Å². The summed E-state index contributed by atoms with van der Waals surface area (Å²) in [4.78, 5) is 34.8. The van der Waals surface area contributed by atoms with Crippen LogP contribution in [0.4, 0.5) is 4.79 Å². The molecular weight excluding hydrogens is 332 g/mol. The number of alkyl carbamates (subject to hydrolysis) is 1. The number of amides is 1. The first-order valence-corrected chi connectivity index (χ1v) is 7.02. The molecule has 1 rings (SSSR count). The zero-order valence-corrected chi connectivity index (χ0v) is 13.0. The molecule has 1 saturated carbocycles. The number of carbonyl (C=O) groups is 3. The maximum Gasteiger partial charge on any atom is 0.407 e. The van der Waals surface area contributed by atoms with Crippen LogP contribution in [-0.2, 0) is 19.1 Å². The van der Waals surface area contributed by atoms with Crippen LogP contribution >= 0.6 is 34.8 Å². The van der Waals surface area contributed by atoms with E-state index in [1.807, 2.05) is 0 Å². The molecule has 0 atom stereocenters. The maximum atomic E-state index is 11.9. The van der Waals surface area contributed by atoms with Crippen LogP contribution in [-0.4, -0.2) is 41.4 Å². The summed E-state index contributed by atoms with van der Waals surface area (Å²) >= 11 is 16.2. The lowest BCUT2D eigenvalue weighted by atomic mass is 10.0. The fourth-order valence-corrected chi connectivity index (χ4v) is 1.67. The third-order valence-corrected chi connectivity index (χ3v) is 3.04. The third kappa shape index (κ3) is 5.00. The van der Waals surface area contributed by atoms with E-state index in [0.717, 1.165) is 0 Å². The Morgan fingerprint density at radius 1 is 1.20 bits per heavy atom. The lowest BCUT2D eigenvalue weighted by Gasteiger charge is -2.14. The standard InChI is InChI=1S/C11H14Cl3NO5/c1-2-19-8(17)10(3-4-10)7(16)5-15-9(18)20-6-11(12,13)14/h2-6H2,1H3,(H,15,18). The highest BCUT2D eigenvalue weighted by Crippen LogP contribution is 2.47. The zero-order valence-electron chi connectivity index (χ0n) is 10.7. The second-order valence-corrected chi connectivity index (χ2v) is 6.79. The molecule has 0 saturated heterocycles. The van der Waals surface area contributed by atoms with E-state index in [0.29, 0.717) is 12.8 Å². The lowest BCUT2D eigenvalue weighted by Crippen LogP contribution is -2.38. The number of Topliss-reactive ketones (excluding diaryl/α,β-unsaturated/α-hetero) is 1. The third-order valence-electron chi connectivity index (χ3n) is 2.71. The molecule has 0 heterocycles. The first-order valence-electron chi connectivity index (χ1n) is 5.89. The average molecular weight is 347 g/mol. The Hall–Kier alpha value is -0.720. The number of hydrogen-bond acceptors (Lipinski definition) is 5. The smallest absolute Gasteiger partial charge is 0.407 e.